The number of aromatic nitrogens is 3. The quantitative estimate of drug-likeness (QED) is 0.678. The fraction of sp³-hybridized carbons (Fsp3) is 0.348. The molecule has 1 saturated heterocycles. The number of piperidine rings is 1. The van der Waals surface area contributed by atoms with E-state index in [9.17, 15) is 9.18 Å². The summed E-state index contributed by atoms with van der Waals surface area (Å²) in [6.07, 6.45) is 7.42. The first kappa shape index (κ1) is 20.2. The van der Waals surface area contributed by atoms with Crippen LogP contribution in [0.1, 0.15) is 30.9 Å². The van der Waals surface area contributed by atoms with E-state index < -0.39 is 0 Å². The molecule has 0 spiro atoms. The number of benzene rings is 1. The smallest absolute Gasteiger partial charge is 0.220 e. The lowest BCUT2D eigenvalue weighted by Gasteiger charge is -2.39. The highest BCUT2D eigenvalue weighted by atomic mass is 19.1. The Kier molecular flexibility index (Phi) is 6.18. The lowest BCUT2D eigenvalue weighted by atomic mass is 10.0. The average molecular weight is 407 g/mol. The number of H-pyrrole nitrogens is 1. The van der Waals surface area contributed by atoms with Gasteiger partial charge in [0, 0.05) is 56.1 Å². The van der Waals surface area contributed by atoms with Crippen LogP contribution < -0.4 is 0 Å². The van der Waals surface area contributed by atoms with Gasteiger partial charge in [0.25, 0.3) is 0 Å². The summed E-state index contributed by atoms with van der Waals surface area (Å²) >= 11 is 0. The molecule has 1 amide bonds. The molecule has 0 radical (unpaired) electrons. The number of hydrogen-bond acceptors (Lipinski definition) is 4. The fourth-order valence-electron chi connectivity index (χ4n) is 4.15. The molecule has 1 atom stereocenters. The monoisotopic (exact) mass is 407 g/mol. The first-order valence-electron chi connectivity index (χ1n) is 10.3. The molecule has 2 aromatic heterocycles. The summed E-state index contributed by atoms with van der Waals surface area (Å²) in [5.41, 5.74) is 3.94. The third-order valence-electron chi connectivity index (χ3n) is 5.65. The Hall–Kier alpha value is -3.06. The second-order valence-electron chi connectivity index (χ2n) is 7.82. The Balaban J connectivity index is 1.46. The number of halogens is 1. The van der Waals surface area contributed by atoms with Crippen molar-refractivity contribution in [1.82, 2.24) is 25.0 Å². The van der Waals surface area contributed by atoms with E-state index in [1.54, 1.807) is 25.3 Å². The number of rotatable bonds is 6. The number of amides is 1. The van der Waals surface area contributed by atoms with Crippen molar-refractivity contribution in [2.45, 2.75) is 38.9 Å². The number of pyridine rings is 1. The van der Waals surface area contributed by atoms with E-state index in [1.165, 1.54) is 12.1 Å². The van der Waals surface area contributed by atoms with E-state index in [0.717, 1.165) is 54.9 Å². The van der Waals surface area contributed by atoms with Gasteiger partial charge in [-0.2, -0.15) is 5.10 Å². The zero-order chi connectivity index (χ0) is 20.9. The minimum Gasteiger partial charge on any atom is -0.334 e. The summed E-state index contributed by atoms with van der Waals surface area (Å²) in [5.74, 6) is -0.169. The highest BCUT2D eigenvalue weighted by Gasteiger charge is 2.27. The Bertz CT molecular complexity index is 973. The van der Waals surface area contributed by atoms with Crippen LogP contribution in [0, 0.1) is 5.82 Å². The van der Waals surface area contributed by atoms with E-state index in [-0.39, 0.29) is 17.8 Å². The van der Waals surface area contributed by atoms with Gasteiger partial charge in [-0.1, -0.05) is 6.07 Å². The van der Waals surface area contributed by atoms with Crippen molar-refractivity contribution in [2.75, 3.05) is 13.1 Å². The first-order chi connectivity index (χ1) is 14.6. The van der Waals surface area contributed by atoms with Gasteiger partial charge in [0.2, 0.25) is 5.91 Å². The summed E-state index contributed by atoms with van der Waals surface area (Å²) in [5, 5.41) is 7.25. The van der Waals surface area contributed by atoms with Crippen molar-refractivity contribution in [3.8, 4) is 11.3 Å². The summed E-state index contributed by atoms with van der Waals surface area (Å²) in [6.45, 7) is 4.74. The molecule has 156 valence electrons. The Morgan fingerprint density at radius 3 is 2.83 bits per heavy atom. The fourth-order valence-corrected chi connectivity index (χ4v) is 4.15. The van der Waals surface area contributed by atoms with Gasteiger partial charge in [-0.15, -0.1) is 0 Å². The second-order valence-corrected chi connectivity index (χ2v) is 7.82. The molecule has 4 rings (SSSR count). The van der Waals surface area contributed by atoms with Crippen molar-refractivity contribution in [1.29, 1.82) is 0 Å². The highest BCUT2D eigenvalue weighted by molar-refractivity contribution is 5.73. The molecule has 0 aliphatic carbocycles. The number of carbonyl (C=O) groups excluding carboxylic acids is 1. The van der Waals surface area contributed by atoms with Gasteiger partial charge in [-0.3, -0.25) is 19.8 Å². The van der Waals surface area contributed by atoms with E-state index in [1.807, 2.05) is 29.4 Å². The highest BCUT2D eigenvalue weighted by Crippen LogP contribution is 2.25. The molecule has 3 heterocycles. The molecular weight excluding hydrogens is 381 g/mol. The van der Waals surface area contributed by atoms with Crippen LogP contribution in [0.3, 0.4) is 0 Å². The van der Waals surface area contributed by atoms with Crippen molar-refractivity contribution >= 4 is 5.91 Å². The minimum absolute atomic E-state index is 0.0843. The van der Waals surface area contributed by atoms with Crippen LogP contribution in [0.5, 0.6) is 0 Å². The van der Waals surface area contributed by atoms with Gasteiger partial charge in [0.05, 0.1) is 11.9 Å². The number of aromatic amines is 1. The van der Waals surface area contributed by atoms with Gasteiger partial charge in [-0.25, -0.2) is 4.39 Å². The number of likely N-dealkylation sites (tertiary alicyclic amines) is 1. The van der Waals surface area contributed by atoms with Crippen LogP contribution in [0.4, 0.5) is 4.39 Å². The largest absolute Gasteiger partial charge is 0.334 e. The normalized spacial score (nSPS) is 17.1. The van der Waals surface area contributed by atoms with Crippen molar-refractivity contribution in [2.24, 2.45) is 0 Å². The average Bonchev–Trinajstić information content (AvgIpc) is 3.21. The first-order valence-corrected chi connectivity index (χ1v) is 10.3. The zero-order valence-electron chi connectivity index (χ0n) is 17.1. The molecule has 0 bridgehead atoms. The molecule has 7 heteroatoms. The van der Waals surface area contributed by atoms with Crippen molar-refractivity contribution in [3.63, 3.8) is 0 Å². The third kappa shape index (κ3) is 4.74. The van der Waals surface area contributed by atoms with Crippen LogP contribution in [0.2, 0.25) is 0 Å². The van der Waals surface area contributed by atoms with Gasteiger partial charge in [0.15, 0.2) is 0 Å². The molecule has 3 aromatic rings. The molecule has 1 fully saturated rings. The predicted octanol–water partition coefficient (Wildman–Crippen LogP) is 3.62. The Morgan fingerprint density at radius 2 is 2.10 bits per heavy atom. The maximum Gasteiger partial charge on any atom is 0.220 e. The molecule has 0 saturated carbocycles. The Morgan fingerprint density at radius 1 is 1.27 bits per heavy atom. The third-order valence-corrected chi connectivity index (χ3v) is 5.65. The number of nitrogens with one attached hydrogen (secondary N) is 1. The molecule has 1 unspecified atom stereocenters. The van der Waals surface area contributed by atoms with E-state index in [4.69, 9.17) is 0 Å². The lowest BCUT2D eigenvalue weighted by molar-refractivity contribution is -0.133. The van der Waals surface area contributed by atoms with Crippen LogP contribution in [-0.2, 0) is 17.9 Å². The van der Waals surface area contributed by atoms with Crippen molar-refractivity contribution in [3.05, 3.63) is 71.9 Å². The van der Waals surface area contributed by atoms with Crippen LogP contribution >= 0.6 is 0 Å². The molecular formula is C23H26FN5O. The topological polar surface area (TPSA) is 65.1 Å². The van der Waals surface area contributed by atoms with Crippen LogP contribution in [0.25, 0.3) is 11.3 Å². The summed E-state index contributed by atoms with van der Waals surface area (Å²) in [6, 6.07) is 10.5. The summed E-state index contributed by atoms with van der Waals surface area (Å²) < 4.78 is 13.3. The second kappa shape index (κ2) is 9.17. The minimum atomic E-state index is -0.253. The van der Waals surface area contributed by atoms with Crippen LogP contribution in [-0.4, -0.2) is 50.0 Å². The number of nitrogens with zero attached hydrogens (tertiary/aromatic N) is 4. The molecule has 1 aliphatic rings. The summed E-state index contributed by atoms with van der Waals surface area (Å²) in [7, 11) is 0. The van der Waals surface area contributed by atoms with Gasteiger partial charge < -0.3 is 4.90 Å². The number of carbonyl (C=O) groups is 1. The maximum atomic E-state index is 13.3. The SMILES string of the molecule is CC(=O)N(Cc1cccnc1)C1CCCN(Cc2cn[nH]c2-c2ccc(F)cc2)C1. The van der Waals surface area contributed by atoms with Crippen LogP contribution in [0.15, 0.2) is 55.0 Å². The maximum absolute atomic E-state index is 13.3. The van der Waals surface area contributed by atoms with Gasteiger partial charge in [-0.05, 0) is 55.3 Å². The van der Waals surface area contributed by atoms with E-state index in [2.05, 4.69) is 20.1 Å². The van der Waals surface area contributed by atoms with Gasteiger partial charge in [0.1, 0.15) is 5.82 Å². The zero-order valence-corrected chi connectivity index (χ0v) is 17.1. The number of hydrogen-bond donors (Lipinski definition) is 1. The Labute approximate surface area is 175 Å². The molecule has 30 heavy (non-hydrogen) atoms. The van der Waals surface area contributed by atoms with Crippen molar-refractivity contribution < 1.29 is 9.18 Å². The molecule has 6 nitrogen and oxygen atoms in total. The molecule has 1 N–H and O–H groups in total. The molecule has 1 aromatic carbocycles. The van der Waals surface area contributed by atoms with Gasteiger partial charge >= 0.3 is 0 Å². The summed E-state index contributed by atoms with van der Waals surface area (Å²) in [4.78, 5) is 20.9. The molecule has 1 aliphatic heterocycles. The van der Waals surface area contributed by atoms with E-state index in [0.29, 0.717) is 6.54 Å². The lowest BCUT2D eigenvalue weighted by Crippen LogP contribution is -2.49. The predicted molar refractivity (Wildman–Crippen MR) is 113 cm³/mol. The van der Waals surface area contributed by atoms with E-state index >= 15 is 0 Å². The standard InChI is InChI=1S/C23H26FN5O/c1-17(30)29(14-18-4-2-10-25-12-18)22-5-3-11-28(16-22)15-20-13-26-27-23(20)19-6-8-21(24)9-7-19/h2,4,6-10,12-13,22H,3,5,11,14-16H2,1H3,(H,26,27).